The molecule has 0 aliphatic rings. The molecule has 140 valence electrons. The highest BCUT2D eigenvalue weighted by atomic mass is 16.5. The Kier molecular flexibility index (Phi) is 5.33. The van der Waals surface area contributed by atoms with Crippen LogP contribution in [0.4, 0.5) is 0 Å². The number of carbonyl (C=O) groups is 1. The molecule has 3 aromatic carbocycles. The van der Waals surface area contributed by atoms with Crippen LogP contribution in [0.2, 0.25) is 0 Å². The molecule has 0 saturated heterocycles. The Bertz CT molecular complexity index is 1040. The van der Waals surface area contributed by atoms with Crippen LogP contribution in [0, 0.1) is 0 Å². The van der Waals surface area contributed by atoms with Gasteiger partial charge in [-0.05, 0) is 29.8 Å². The minimum Gasteiger partial charge on any atom is -0.488 e. The van der Waals surface area contributed by atoms with Gasteiger partial charge < -0.3 is 15.0 Å². The number of fused-ring (bicyclic) bond motifs is 1. The first-order valence-electron chi connectivity index (χ1n) is 9.27. The Morgan fingerprint density at radius 3 is 2.54 bits per heavy atom. The maximum Gasteiger partial charge on any atom is 0.255 e. The van der Waals surface area contributed by atoms with Crippen LogP contribution in [-0.4, -0.2) is 22.4 Å². The summed E-state index contributed by atoms with van der Waals surface area (Å²) in [6, 6.07) is 25.1. The lowest BCUT2D eigenvalue weighted by Crippen LogP contribution is -2.26. The van der Waals surface area contributed by atoms with Crippen LogP contribution in [0.1, 0.15) is 21.7 Å². The van der Waals surface area contributed by atoms with E-state index in [-0.39, 0.29) is 5.91 Å². The third kappa shape index (κ3) is 4.20. The van der Waals surface area contributed by atoms with Crippen LogP contribution in [0.3, 0.4) is 0 Å². The zero-order valence-electron chi connectivity index (χ0n) is 15.4. The summed E-state index contributed by atoms with van der Waals surface area (Å²) in [6.45, 7) is 0.912. The lowest BCUT2D eigenvalue weighted by Gasteiger charge is -2.11. The van der Waals surface area contributed by atoms with Gasteiger partial charge >= 0.3 is 0 Å². The van der Waals surface area contributed by atoms with Crippen molar-refractivity contribution < 1.29 is 9.53 Å². The van der Waals surface area contributed by atoms with Crippen molar-refractivity contribution in [3.63, 3.8) is 0 Å². The highest BCUT2D eigenvalue weighted by Gasteiger charge is 2.12. The number of hydrogen-bond acceptors (Lipinski definition) is 3. The molecule has 4 aromatic rings. The molecule has 28 heavy (non-hydrogen) atoms. The van der Waals surface area contributed by atoms with Gasteiger partial charge in [0.25, 0.3) is 5.91 Å². The monoisotopic (exact) mass is 371 g/mol. The molecule has 4 rings (SSSR count). The number of hydrogen-bond donors (Lipinski definition) is 2. The first-order valence-corrected chi connectivity index (χ1v) is 9.27. The van der Waals surface area contributed by atoms with Crippen molar-refractivity contribution in [2.24, 2.45) is 0 Å². The number of aromatic amines is 1. The van der Waals surface area contributed by atoms with Crippen molar-refractivity contribution in [1.29, 1.82) is 0 Å². The summed E-state index contributed by atoms with van der Waals surface area (Å²) in [5.74, 6) is 1.28. The fraction of sp³-hybridized carbons (Fsp3) is 0.130. The highest BCUT2D eigenvalue weighted by Crippen LogP contribution is 2.19. The van der Waals surface area contributed by atoms with Gasteiger partial charge in [-0.2, -0.15) is 0 Å². The number of rotatable bonds is 7. The van der Waals surface area contributed by atoms with Gasteiger partial charge in [0.15, 0.2) is 0 Å². The molecule has 0 fully saturated rings. The molecule has 1 aromatic heterocycles. The first-order chi connectivity index (χ1) is 13.8. The van der Waals surface area contributed by atoms with Gasteiger partial charge in [0.2, 0.25) is 0 Å². The molecule has 0 radical (unpaired) electrons. The fourth-order valence-corrected chi connectivity index (χ4v) is 3.03. The minimum atomic E-state index is -0.153. The van der Waals surface area contributed by atoms with Gasteiger partial charge in [-0.25, -0.2) is 4.98 Å². The predicted molar refractivity (Wildman–Crippen MR) is 109 cm³/mol. The second-order valence-electron chi connectivity index (χ2n) is 6.48. The molecular formula is C23H21N3O2. The molecule has 0 aliphatic heterocycles. The number of nitrogens with one attached hydrogen (secondary N) is 2. The predicted octanol–water partition coefficient (Wildman–Crippen LogP) is 4.11. The van der Waals surface area contributed by atoms with Crippen molar-refractivity contribution in [2.45, 2.75) is 13.0 Å². The molecule has 1 amide bonds. The third-order valence-corrected chi connectivity index (χ3v) is 4.45. The number of para-hydroxylation sites is 3. The molecule has 0 aliphatic carbocycles. The van der Waals surface area contributed by atoms with E-state index in [9.17, 15) is 4.79 Å². The number of ether oxygens (including phenoxy) is 1. The summed E-state index contributed by atoms with van der Waals surface area (Å²) in [4.78, 5) is 20.4. The van der Waals surface area contributed by atoms with Gasteiger partial charge in [-0.3, -0.25) is 4.79 Å². The Morgan fingerprint density at radius 1 is 0.929 bits per heavy atom. The smallest absolute Gasteiger partial charge is 0.255 e. The van der Waals surface area contributed by atoms with Gasteiger partial charge in [0, 0.05) is 13.0 Å². The van der Waals surface area contributed by atoms with E-state index in [4.69, 9.17) is 4.74 Å². The number of nitrogens with zero attached hydrogens (tertiary/aromatic N) is 1. The lowest BCUT2D eigenvalue weighted by molar-refractivity contribution is 0.0949. The summed E-state index contributed by atoms with van der Waals surface area (Å²) < 4.78 is 5.87. The Morgan fingerprint density at radius 2 is 1.68 bits per heavy atom. The SMILES string of the molecule is O=C(NCCc1nc2ccccc2[nH]1)c1ccccc1OCc1ccccc1. The fourth-order valence-electron chi connectivity index (χ4n) is 3.03. The average molecular weight is 371 g/mol. The number of amides is 1. The van der Waals surface area contributed by atoms with Crippen molar-refractivity contribution in [3.05, 3.63) is 95.8 Å². The normalized spacial score (nSPS) is 10.7. The van der Waals surface area contributed by atoms with E-state index in [1.165, 1.54) is 0 Å². The van der Waals surface area contributed by atoms with Crippen LogP contribution in [-0.2, 0) is 13.0 Å². The maximum atomic E-state index is 12.6. The number of benzene rings is 3. The highest BCUT2D eigenvalue weighted by molar-refractivity contribution is 5.96. The second kappa shape index (κ2) is 8.39. The van der Waals surface area contributed by atoms with Crippen LogP contribution >= 0.6 is 0 Å². The van der Waals surface area contributed by atoms with Gasteiger partial charge in [0.05, 0.1) is 16.6 Å². The van der Waals surface area contributed by atoms with Gasteiger partial charge in [0.1, 0.15) is 18.2 Å². The van der Waals surface area contributed by atoms with Crippen LogP contribution in [0.5, 0.6) is 5.75 Å². The van der Waals surface area contributed by atoms with Crippen molar-refractivity contribution >= 4 is 16.9 Å². The van der Waals surface area contributed by atoms with Crippen molar-refractivity contribution in [2.75, 3.05) is 6.54 Å². The summed E-state index contributed by atoms with van der Waals surface area (Å²) in [5, 5.41) is 2.95. The minimum absolute atomic E-state index is 0.153. The molecule has 5 heteroatoms. The van der Waals surface area contributed by atoms with E-state index in [1.807, 2.05) is 72.8 Å². The zero-order valence-corrected chi connectivity index (χ0v) is 15.4. The van der Waals surface area contributed by atoms with E-state index >= 15 is 0 Å². The summed E-state index contributed by atoms with van der Waals surface area (Å²) in [7, 11) is 0. The number of imidazole rings is 1. The quantitative estimate of drug-likeness (QED) is 0.514. The Balaban J connectivity index is 1.36. The average Bonchev–Trinajstić information content (AvgIpc) is 3.16. The standard InChI is InChI=1S/C23H21N3O2/c27-23(24-15-14-22-25-19-11-5-6-12-20(19)26-22)18-10-4-7-13-21(18)28-16-17-8-2-1-3-9-17/h1-13H,14-16H2,(H,24,27)(H,25,26). The van der Waals surface area contributed by atoms with Gasteiger partial charge in [-0.15, -0.1) is 0 Å². The third-order valence-electron chi connectivity index (χ3n) is 4.45. The molecule has 1 heterocycles. The Hall–Kier alpha value is -3.60. The van der Waals surface area contributed by atoms with Crippen LogP contribution in [0.25, 0.3) is 11.0 Å². The lowest BCUT2D eigenvalue weighted by atomic mass is 10.2. The molecule has 0 spiro atoms. The molecule has 0 bridgehead atoms. The summed E-state index contributed by atoms with van der Waals surface area (Å²) >= 11 is 0. The molecule has 0 saturated carbocycles. The second-order valence-corrected chi connectivity index (χ2v) is 6.48. The van der Waals surface area contributed by atoms with Gasteiger partial charge in [-0.1, -0.05) is 54.6 Å². The van der Waals surface area contributed by atoms with Crippen LogP contribution in [0.15, 0.2) is 78.9 Å². The van der Waals surface area contributed by atoms with Crippen LogP contribution < -0.4 is 10.1 Å². The number of carbonyl (C=O) groups excluding carboxylic acids is 1. The van der Waals surface area contributed by atoms with E-state index in [2.05, 4.69) is 15.3 Å². The molecule has 0 atom stereocenters. The number of aromatic nitrogens is 2. The first kappa shape index (κ1) is 17.8. The van der Waals surface area contributed by atoms with E-state index in [0.717, 1.165) is 22.4 Å². The van der Waals surface area contributed by atoms with E-state index < -0.39 is 0 Å². The summed E-state index contributed by atoms with van der Waals surface area (Å²) in [5.41, 5.74) is 3.53. The number of H-pyrrole nitrogens is 1. The van der Waals surface area contributed by atoms with E-state index in [0.29, 0.717) is 30.9 Å². The van der Waals surface area contributed by atoms with E-state index in [1.54, 1.807) is 6.07 Å². The molecule has 5 nitrogen and oxygen atoms in total. The topological polar surface area (TPSA) is 67.0 Å². The molecule has 2 N–H and O–H groups in total. The zero-order chi connectivity index (χ0) is 19.2. The largest absolute Gasteiger partial charge is 0.488 e. The van der Waals surface area contributed by atoms with Crippen molar-refractivity contribution in [3.8, 4) is 5.75 Å². The molecule has 0 unspecified atom stereocenters. The summed E-state index contributed by atoms with van der Waals surface area (Å²) in [6.07, 6.45) is 0.632. The Labute approximate surface area is 163 Å². The van der Waals surface area contributed by atoms with Crippen molar-refractivity contribution in [1.82, 2.24) is 15.3 Å². The maximum absolute atomic E-state index is 12.6. The molecular weight excluding hydrogens is 350 g/mol.